The number of aliphatic carboxylic acids is 1. The number of carboxylic acids is 1. The van der Waals surface area contributed by atoms with Crippen molar-refractivity contribution in [2.24, 2.45) is 0 Å². The molecule has 4 rings (SSSR count). The number of esters is 1. The molecule has 1 N–H and O–H groups in total. The number of benzene rings is 1. The summed E-state index contributed by atoms with van der Waals surface area (Å²) in [5.41, 5.74) is 0.614. The van der Waals surface area contributed by atoms with Crippen LogP contribution >= 0.6 is 0 Å². The summed E-state index contributed by atoms with van der Waals surface area (Å²) in [5, 5.41) is 9.29. The monoisotopic (exact) mass is 377 g/mol. The Morgan fingerprint density at radius 2 is 1.96 bits per heavy atom. The maximum absolute atomic E-state index is 15.0. The van der Waals surface area contributed by atoms with Crippen LogP contribution in [-0.4, -0.2) is 67.8 Å². The molecule has 0 aliphatic carbocycles. The fraction of sp³-hybridized carbons (Fsp3) is 0.444. The number of carbonyl (C=O) groups excluding carboxylic acids is 1. The molecule has 3 heterocycles. The van der Waals surface area contributed by atoms with E-state index in [1.807, 2.05) is 18.9 Å². The van der Waals surface area contributed by atoms with Crippen LogP contribution in [0.15, 0.2) is 18.0 Å². The van der Waals surface area contributed by atoms with E-state index >= 15 is 4.39 Å². The van der Waals surface area contributed by atoms with Gasteiger partial charge < -0.3 is 29.3 Å². The normalized spacial score (nSPS) is 22.4. The number of nitrogens with zero attached hydrogens (tertiary/aromatic N) is 3. The van der Waals surface area contributed by atoms with Gasteiger partial charge in [0.2, 0.25) is 5.76 Å². The van der Waals surface area contributed by atoms with Crippen molar-refractivity contribution < 1.29 is 28.6 Å². The van der Waals surface area contributed by atoms with Gasteiger partial charge in [0.1, 0.15) is 18.0 Å². The second-order valence-corrected chi connectivity index (χ2v) is 6.98. The number of ether oxygens (including phenoxy) is 2. The average molecular weight is 377 g/mol. The van der Waals surface area contributed by atoms with Gasteiger partial charge in [0, 0.05) is 26.2 Å². The molecule has 27 heavy (non-hydrogen) atoms. The van der Waals surface area contributed by atoms with Crippen molar-refractivity contribution in [1.82, 2.24) is 4.90 Å². The SMILES string of the molecule is C[C@H]1COc2c(N3CCN(C)CC3)c(F)cc3c2N1C=C(C(=O)O)OC3=O. The molecule has 0 spiro atoms. The van der Waals surface area contributed by atoms with Crippen molar-refractivity contribution in [3.63, 3.8) is 0 Å². The molecule has 1 fully saturated rings. The molecule has 144 valence electrons. The molecule has 0 radical (unpaired) electrons. The minimum absolute atomic E-state index is 0.0422. The van der Waals surface area contributed by atoms with Crippen LogP contribution in [0.25, 0.3) is 0 Å². The van der Waals surface area contributed by atoms with E-state index in [2.05, 4.69) is 4.90 Å². The molecule has 0 amide bonds. The van der Waals surface area contributed by atoms with Gasteiger partial charge in [-0.2, -0.15) is 0 Å². The highest BCUT2D eigenvalue weighted by Gasteiger charge is 2.38. The summed E-state index contributed by atoms with van der Waals surface area (Å²) in [6.07, 6.45) is 1.27. The van der Waals surface area contributed by atoms with Gasteiger partial charge in [0.15, 0.2) is 11.6 Å². The maximum atomic E-state index is 15.0. The van der Waals surface area contributed by atoms with Gasteiger partial charge in [-0.05, 0) is 20.0 Å². The summed E-state index contributed by atoms with van der Waals surface area (Å²) in [6.45, 7) is 4.87. The maximum Gasteiger partial charge on any atom is 0.373 e. The van der Waals surface area contributed by atoms with Crippen molar-refractivity contribution >= 4 is 23.3 Å². The van der Waals surface area contributed by atoms with Crippen LogP contribution in [0.1, 0.15) is 17.3 Å². The Labute approximate surface area is 155 Å². The largest absolute Gasteiger partial charge is 0.487 e. The molecule has 1 saturated heterocycles. The molecule has 0 bridgehead atoms. The first kappa shape index (κ1) is 17.6. The predicted octanol–water partition coefficient (Wildman–Crippen LogP) is 1.26. The van der Waals surface area contributed by atoms with Crippen molar-refractivity contribution in [2.45, 2.75) is 13.0 Å². The summed E-state index contributed by atoms with van der Waals surface area (Å²) in [7, 11) is 2.00. The number of carbonyl (C=O) groups is 2. The molecule has 0 unspecified atom stereocenters. The molecule has 0 aromatic heterocycles. The summed E-state index contributed by atoms with van der Waals surface area (Å²) in [5.74, 6) is -3.11. The first-order valence-corrected chi connectivity index (χ1v) is 8.75. The minimum atomic E-state index is -1.36. The van der Waals surface area contributed by atoms with Gasteiger partial charge in [-0.3, -0.25) is 0 Å². The summed E-state index contributed by atoms with van der Waals surface area (Å²) >= 11 is 0. The second kappa shape index (κ2) is 6.41. The van der Waals surface area contributed by atoms with E-state index in [-0.39, 0.29) is 24.0 Å². The van der Waals surface area contributed by atoms with E-state index in [0.717, 1.165) is 19.2 Å². The van der Waals surface area contributed by atoms with Crippen LogP contribution < -0.4 is 14.5 Å². The third-order valence-corrected chi connectivity index (χ3v) is 5.09. The number of hydrogen-bond acceptors (Lipinski definition) is 7. The number of hydrogen-bond donors (Lipinski definition) is 1. The Balaban J connectivity index is 1.88. The van der Waals surface area contributed by atoms with E-state index in [1.165, 1.54) is 6.20 Å². The highest BCUT2D eigenvalue weighted by molar-refractivity contribution is 6.04. The zero-order valence-corrected chi connectivity index (χ0v) is 15.1. The molecule has 0 saturated carbocycles. The van der Waals surface area contributed by atoms with E-state index < -0.39 is 23.5 Å². The van der Waals surface area contributed by atoms with Gasteiger partial charge >= 0.3 is 11.9 Å². The Hall–Kier alpha value is -2.81. The van der Waals surface area contributed by atoms with Crippen molar-refractivity contribution in [1.29, 1.82) is 0 Å². The minimum Gasteiger partial charge on any atom is -0.487 e. The van der Waals surface area contributed by atoms with Gasteiger partial charge in [0.05, 0.1) is 17.8 Å². The lowest BCUT2D eigenvalue weighted by Gasteiger charge is -2.39. The molecule has 1 aromatic rings. The lowest BCUT2D eigenvalue weighted by molar-refractivity contribution is -0.135. The third kappa shape index (κ3) is 2.87. The highest BCUT2D eigenvalue weighted by atomic mass is 19.1. The number of halogens is 1. The molecule has 8 nitrogen and oxygen atoms in total. The fourth-order valence-electron chi connectivity index (χ4n) is 3.58. The Bertz CT molecular complexity index is 848. The highest BCUT2D eigenvalue weighted by Crippen LogP contribution is 2.47. The van der Waals surface area contributed by atoms with Crippen molar-refractivity contribution in [3.05, 3.63) is 29.4 Å². The van der Waals surface area contributed by atoms with Crippen LogP contribution in [0.2, 0.25) is 0 Å². The van der Waals surface area contributed by atoms with Crippen LogP contribution in [-0.2, 0) is 9.53 Å². The van der Waals surface area contributed by atoms with Crippen molar-refractivity contribution in [3.8, 4) is 5.75 Å². The van der Waals surface area contributed by atoms with Gasteiger partial charge in [-0.1, -0.05) is 0 Å². The first-order valence-electron chi connectivity index (χ1n) is 8.75. The summed E-state index contributed by atoms with van der Waals surface area (Å²) in [4.78, 5) is 29.5. The Morgan fingerprint density at radius 3 is 2.63 bits per heavy atom. The number of likely N-dealkylation sites (N-methyl/N-ethyl adjacent to an activating group) is 1. The Kier molecular flexibility index (Phi) is 4.18. The Morgan fingerprint density at radius 1 is 1.26 bits per heavy atom. The van der Waals surface area contributed by atoms with E-state index in [9.17, 15) is 14.7 Å². The zero-order valence-electron chi connectivity index (χ0n) is 15.1. The first-order chi connectivity index (χ1) is 12.9. The summed E-state index contributed by atoms with van der Waals surface area (Å²) < 4.78 is 25.8. The number of cyclic esters (lactones) is 1. The molecule has 3 aliphatic heterocycles. The van der Waals surface area contributed by atoms with Crippen LogP contribution in [0.3, 0.4) is 0 Å². The van der Waals surface area contributed by atoms with E-state index in [4.69, 9.17) is 9.47 Å². The van der Waals surface area contributed by atoms with Crippen molar-refractivity contribution in [2.75, 3.05) is 49.6 Å². The van der Waals surface area contributed by atoms with Crippen LogP contribution in [0.4, 0.5) is 15.8 Å². The molecule has 3 aliphatic rings. The van der Waals surface area contributed by atoms with Gasteiger partial charge in [-0.15, -0.1) is 0 Å². The summed E-state index contributed by atoms with van der Waals surface area (Å²) in [6, 6.07) is 0.868. The van der Waals surface area contributed by atoms with Crippen LogP contribution in [0.5, 0.6) is 5.75 Å². The zero-order chi connectivity index (χ0) is 19.3. The molecule has 9 heteroatoms. The molecular formula is C18H20FN3O5. The second-order valence-electron chi connectivity index (χ2n) is 6.98. The average Bonchev–Trinajstić information content (AvgIpc) is 2.77. The quantitative estimate of drug-likeness (QED) is 0.772. The lowest BCUT2D eigenvalue weighted by Crippen LogP contribution is -2.46. The number of anilines is 2. The van der Waals surface area contributed by atoms with Gasteiger partial charge in [-0.25, -0.2) is 14.0 Å². The fourth-order valence-corrected chi connectivity index (χ4v) is 3.58. The van der Waals surface area contributed by atoms with Gasteiger partial charge in [0.25, 0.3) is 0 Å². The predicted molar refractivity (Wildman–Crippen MR) is 94.7 cm³/mol. The molecule has 1 atom stereocenters. The number of carboxylic acid groups (broad SMARTS) is 1. The van der Waals surface area contributed by atoms with Crippen LogP contribution in [0, 0.1) is 5.82 Å². The number of piperazine rings is 1. The third-order valence-electron chi connectivity index (χ3n) is 5.09. The van der Waals surface area contributed by atoms with E-state index in [1.54, 1.807) is 4.90 Å². The molecule has 1 aromatic carbocycles. The topological polar surface area (TPSA) is 82.6 Å². The van der Waals surface area contributed by atoms with E-state index in [0.29, 0.717) is 24.5 Å². The lowest BCUT2D eigenvalue weighted by atomic mass is 10.0. The molecular weight excluding hydrogens is 357 g/mol. The standard InChI is InChI=1S/C18H20FN3O5/c1-10-9-26-16-14-11(18(25)27-13(17(23)24)8-22(10)14)7-12(19)15(16)21-5-3-20(2)4-6-21/h7-8,10H,3-6,9H2,1-2H3,(H,23,24)/t10-/m0/s1. The smallest absolute Gasteiger partial charge is 0.373 e. The number of rotatable bonds is 2.